The third-order valence-electron chi connectivity index (χ3n) is 3.15. The van der Waals surface area contributed by atoms with Crippen molar-refractivity contribution >= 4 is 11.4 Å². The van der Waals surface area contributed by atoms with Gasteiger partial charge in [0.15, 0.2) is 5.75 Å². The minimum absolute atomic E-state index is 0.0557. The molecule has 0 saturated carbocycles. The zero-order valence-electron chi connectivity index (χ0n) is 12.2. The van der Waals surface area contributed by atoms with E-state index in [-0.39, 0.29) is 11.4 Å². The van der Waals surface area contributed by atoms with Gasteiger partial charge in [-0.1, -0.05) is 0 Å². The van der Waals surface area contributed by atoms with Crippen LogP contribution in [0.4, 0.5) is 11.4 Å². The van der Waals surface area contributed by atoms with Gasteiger partial charge in [0.25, 0.3) is 0 Å². The second-order valence-electron chi connectivity index (χ2n) is 4.88. The van der Waals surface area contributed by atoms with Crippen molar-refractivity contribution in [1.29, 1.82) is 0 Å². The number of nitro benzene ring substituents is 1. The van der Waals surface area contributed by atoms with Gasteiger partial charge in [-0.15, -0.1) is 0 Å². The van der Waals surface area contributed by atoms with Crippen LogP contribution >= 0.6 is 0 Å². The molecule has 0 aliphatic heterocycles. The van der Waals surface area contributed by atoms with Gasteiger partial charge in [0.2, 0.25) is 0 Å². The van der Waals surface area contributed by atoms with Crippen LogP contribution in [0.25, 0.3) is 0 Å². The molecule has 0 fully saturated rings. The summed E-state index contributed by atoms with van der Waals surface area (Å²) in [5, 5.41) is 14.2. The van der Waals surface area contributed by atoms with Crippen LogP contribution in [0.3, 0.4) is 0 Å². The average molecular weight is 290 g/mol. The highest BCUT2D eigenvalue weighted by atomic mass is 16.6. The summed E-state index contributed by atoms with van der Waals surface area (Å²) in [6, 6.07) is 5.12. The van der Waals surface area contributed by atoms with E-state index in [1.807, 2.05) is 4.57 Å². The largest absolute Gasteiger partial charge is 0.490 e. The van der Waals surface area contributed by atoms with Gasteiger partial charge in [-0.25, -0.2) is 4.98 Å². The Labute approximate surface area is 122 Å². The molecule has 1 aromatic heterocycles. The molecule has 1 aromatic carbocycles. The van der Waals surface area contributed by atoms with Crippen LogP contribution in [0, 0.1) is 10.1 Å². The third kappa shape index (κ3) is 3.31. The molecule has 0 atom stereocenters. The maximum Gasteiger partial charge on any atom is 0.312 e. The van der Waals surface area contributed by atoms with Gasteiger partial charge in [-0.05, 0) is 26.0 Å². The molecule has 0 unspecified atom stereocenters. The summed E-state index contributed by atoms with van der Waals surface area (Å²) in [6.45, 7) is 4.69. The summed E-state index contributed by atoms with van der Waals surface area (Å²) in [7, 11) is 1.41. The first-order valence-electron chi connectivity index (χ1n) is 6.60. The molecule has 0 bridgehead atoms. The second-order valence-corrected chi connectivity index (χ2v) is 4.88. The van der Waals surface area contributed by atoms with Crippen molar-refractivity contribution < 1.29 is 9.66 Å². The Morgan fingerprint density at radius 3 is 2.86 bits per heavy atom. The summed E-state index contributed by atoms with van der Waals surface area (Å²) >= 11 is 0. The van der Waals surface area contributed by atoms with E-state index in [9.17, 15) is 10.1 Å². The van der Waals surface area contributed by atoms with Crippen LogP contribution in [0.15, 0.2) is 30.7 Å². The van der Waals surface area contributed by atoms with Gasteiger partial charge in [-0.2, -0.15) is 0 Å². The Kier molecular flexibility index (Phi) is 4.42. The molecule has 2 aromatic rings. The van der Waals surface area contributed by atoms with Gasteiger partial charge < -0.3 is 14.6 Å². The predicted octanol–water partition coefficient (Wildman–Crippen LogP) is 2.99. The molecular weight excluding hydrogens is 272 g/mol. The molecule has 0 radical (unpaired) electrons. The number of rotatable bonds is 6. The number of anilines is 1. The van der Waals surface area contributed by atoms with Crippen molar-refractivity contribution in [3.8, 4) is 5.75 Å². The first-order valence-corrected chi connectivity index (χ1v) is 6.60. The van der Waals surface area contributed by atoms with E-state index >= 15 is 0 Å². The molecule has 1 heterocycles. The van der Waals surface area contributed by atoms with E-state index in [4.69, 9.17) is 4.74 Å². The second kappa shape index (κ2) is 6.25. The minimum atomic E-state index is -0.456. The predicted molar refractivity (Wildman–Crippen MR) is 79.6 cm³/mol. The van der Waals surface area contributed by atoms with Crippen LogP contribution in [0.2, 0.25) is 0 Å². The smallest absolute Gasteiger partial charge is 0.312 e. The molecule has 7 heteroatoms. The summed E-state index contributed by atoms with van der Waals surface area (Å²) < 4.78 is 7.03. The number of hydrogen-bond acceptors (Lipinski definition) is 5. The highest BCUT2D eigenvalue weighted by molar-refractivity contribution is 5.58. The van der Waals surface area contributed by atoms with E-state index in [2.05, 4.69) is 24.1 Å². The average Bonchev–Trinajstić information content (AvgIpc) is 2.93. The lowest BCUT2D eigenvalue weighted by atomic mass is 10.2. The lowest BCUT2D eigenvalue weighted by Gasteiger charge is -2.13. The van der Waals surface area contributed by atoms with Crippen molar-refractivity contribution in [2.75, 3.05) is 12.4 Å². The number of benzene rings is 1. The standard InChI is InChI=1S/C14H18N4O3/c1-10(2)17-9-15-7-12(17)8-16-11-4-5-14(21-3)13(6-11)18(19)20/h4-7,9-10,16H,8H2,1-3H3. The fraction of sp³-hybridized carbons (Fsp3) is 0.357. The molecule has 0 saturated heterocycles. The first kappa shape index (κ1) is 14.8. The van der Waals surface area contributed by atoms with Crippen LogP contribution < -0.4 is 10.1 Å². The molecule has 2 rings (SSSR count). The van der Waals surface area contributed by atoms with Crippen LogP contribution in [0.5, 0.6) is 5.75 Å². The lowest BCUT2D eigenvalue weighted by molar-refractivity contribution is -0.385. The molecule has 0 spiro atoms. The number of methoxy groups -OCH3 is 1. The summed E-state index contributed by atoms with van der Waals surface area (Å²) in [5.74, 6) is 0.248. The van der Waals surface area contributed by atoms with Gasteiger partial charge in [0, 0.05) is 24.0 Å². The van der Waals surface area contributed by atoms with Crippen molar-refractivity contribution in [3.05, 3.63) is 46.5 Å². The summed E-state index contributed by atoms with van der Waals surface area (Å²) in [5.41, 5.74) is 1.63. The number of nitrogens with zero attached hydrogens (tertiary/aromatic N) is 3. The maximum absolute atomic E-state index is 11.0. The number of imidazole rings is 1. The quantitative estimate of drug-likeness (QED) is 0.653. The fourth-order valence-corrected chi connectivity index (χ4v) is 2.07. The normalized spacial score (nSPS) is 10.7. The highest BCUT2D eigenvalue weighted by Crippen LogP contribution is 2.29. The van der Waals surface area contributed by atoms with Crippen molar-refractivity contribution in [2.45, 2.75) is 26.4 Å². The summed E-state index contributed by atoms with van der Waals surface area (Å²) in [6.07, 6.45) is 3.56. The molecule has 1 N–H and O–H groups in total. The third-order valence-corrected chi connectivity index (χ3v) is 3.15. The Bertz CT molecular complexity index is 637. The first-order chi connectivity index (χ1) is 10.0. The van der Waals surface area contributed by atoms with Gasteiger partial charge in [0.1, 0.15) is 0 Å². The van der Waals surface area contributed by atoms with Crippen molar-refractivity contribution in [1.82, 2.24) is 9.55 Å². The zero-order valence-corrected chi connectivity index (χ0v) is 12.2. The Morgan fingerprint density at radius 1 is 1.48 bits per heavy atom. The Hall–Kier alpha value is -2.57. The van der Waals surface area contributed by atoms with E-state index in [1.54, 1.807) is 24.7 Å². The SMILES string of the molecule is COc1ccc(NCc2cncn2C(C)C)cc1[N+](=O)[O-]. The Balaban J connectivity index is 2.15. The lowest BCUT2D eigenvalue weighted by Crippen LogP contribution is -2.09. The van der Waals surface area contributed by atoms with Crippen molar-refractivity contribution in [2.24, 2.45) is 0 Å². The minimum Gasteiger partial charge on any atom is -0.490 e. The fourth-order valence-electron chi connectivity index (χ4n) is 2.07. The van der Waals surface area contributed by atoms with Crippen LogP contribution in [0.1, 0.15) is 25.6 Å². The van der Waals surface area contributed by atoms with E-state index in [0.29, 0.717) is 18.3 Å². The molecule has 0 aliphatic carbocycles. The highest BCUT2D eigenvalue weighted by Gasteiger charge is 2.15. The van der Waals surface area contributed by atoms with E-state index < -0.39 is 4.92 Å². The van der Waals surface area contributed by atoms with Gasteiger partial charge in [0.05, 0.1) is 30.6 Å². The van der Waals surface area contributed by atoms with Gasteiger partial charge >= 0.3 is 5.69 Å². The number of nitrogens with one attached hydrogen (secondary N) is 1. The molecule has 0 amide bonds. The van der Waals surface area contributed by atoms with E-state index in [1.165, 1.54) is 13.2 Å². The van der Waals surface area contributed by atoms with Gasteiger partial charge in [-0.3, -0.25) is 10.1 Å². The van der Waals surface area contributed by atoms with Crippen LogP contribution in [-0.2, 0) is 6.54 Å². The topological polar surface area (TPSA) is 82.2 Å². The number of ether oxygens (including phenoxy) is 1. The molecule has 112 valence electrons. The molecule has 7 nitrogen and oxygen atoms in total. The van der Waals surface area contributed by atoms with Crippen LogP contribution in [-0.4, -0.2) is 21.6 Å². The monoisotopic (exact) mass is 290 g/mol. The molecular formula is C14H18N4O3. The molecule has 21 heavy (non-hydrogen) atoms. The molecule has 0 aliphatic rings. The maximum atomic E-state index is 11.0. The number of aromatic nitrogens is 2. The zero-order chi connectivity index (χ0) is 15.4. The number of nitro groups is 1. The van der Waals surface area contributed by atoms with Crippen molar-refractivity contribution in [3.63, 3.8) is 0 Å². The summed E-state index contributed by atoms with van der Waals surface area (Å²) in [4.78, 5) is 14.7. The van der Waals surface area contributed by atoms with E-state index in [0.717, 1.165) is 5.69 Å². The number of hydrogen-bond donors (Lipinski definition) is 1. The Morgan fingerprint density at radius 2 is 2.24 bits per heavy atom.